The molecule has 0 bridgehead atoms. The van der Waals surface area contributed by atoms with E-state index in [1.54, 1.807) is 0 Å². The molecule has 0 saturated heterocycles. The topological polar surface area (TPSA) is 3.24 Å². The Hall–Kier alpha value is -7.00. The SMILES string of the molecule is CC1(C)c2ccccc2-c2ccc(N(c3ccc4c(c3)C(C)(c3ccccc3)c3ccccc3-4)c3ccccc3-c3ccccc3-c3cccc4sc5ccccc5c34)cc21. The monoisotopic (exact) mass is 797 g/mol. The first-order chi connectivity index (χ1) is 29.9. The van der Waals surface area contributed by atoms with Crippen molar-refractivity contribution in [3.63, 3.8) is 0 Å². The van der Waals surface area contributed by atoms with Crippen molar-refractivity contribution in [1.82, 2.24) is 0 Å². The van der Waals surface area contributed by atoms with Gasteiger partial charge in [0.1, 0.15) is 0 Å². The Bertz CT molecular complexity index is 3370. The maximum absolute atomic E-state index is 2.53. The molecule has 0 saturated carbocycles. The predicted octanol–water partition coefficient (Wildman–Crippen LogP) is 16.5. The van der Waals surface area contributed by atoms with E-state index >= 15 is 0 Å². The molecule has 0 aliphatic heterocycles. The van der Waals surface area contributed by atoms with Gasteiger partial charge < -0.3 is 4.90 Å². The molecule has 2 heteroatoms. The molecule has 1 nitrogen and oxygen atoms in total. The van der Waals surface area contributed by atoms with E-state index in [0.29, 0.717) is 0 Å². The van der Waals surface area contributed by atoms with Gasteiger partial charge >= 0.3 is 0 Å². The Morgan fingerprint density at radius 2 is 0.869 bits per heavy atom. The second-order valence-corrected chi connectivity index (χ2v) is 18.4. The molecular formula is C59H43NS. The van der Waals surface area contributed by atoms with Gasteiger partial charge in [-0.05, 0) is 116 Å². The molecule has 0 radical (unpaired) electrons. The minimum atomic E-state index is -0.329. The fourth-order valence-electron chi connectivity index (χ4n) is 10.8. The molecule has 9 aromatic carbocycles. The molecule has 61 heavy (non-hydrogen) atoms. The molecule has 1 heterocycles. The van der Waals surface area contributed by atoms with Crippen LogP contribution in [0.5, 0.6) is 0 Å². The van der Waals surface area contributed by atoms with E-state index in [1.165, 1.54) is 92.5 Å². The average molecular weight is 798 g/mol. The van der Waals surface area contributed by atoms with Gasteiger partial charge in [0.2, 0.25) is 0 Å². The van der Waals surface area contributed by atoms with Crippen molar-refractivity contribution in [2.75, 3.05) is 4.90 Å². The summed E-state index contributed by atoms with van der Waals surface area (Å²) in [6.07, 6.45) is 0. The first kappa shape index (κ1) is 35.9. The molecule has 2 aliphatic rings. The number of hydrogen-bond donors (Lipinski definition) is 0. The summed E-state index contributed by atoms with van der Waals surface area (Å²) in [4.78, 5) is 2.53. The minimum Gasteiger partial charge on any atom is -0.310 e. The molecule has 0 N–H and O–H groups in total. The minimum absolute atomic E-state index is 0.146. The highest BCUT2D eigenvalue weighted by atomic mass is 32.1. The van der Waals surface area contributed by atoms with Crippen molar-refractivity contribution in [2.24, 2.45) is 0 Å². The van der Waals surface area contributed by atoms with Crippen LogP contribution in [0.25, 0.3) is 64.7 Å². The smallest absolute Gasteiger partial charge is 0.0540 e. The van der Waals surface area contributed by atoms with Gasteiger partial charge in [-0.2, -0.15) is 0 Å². The molecule has 0 fully saturated rings. The number of hydrogen-bond acceptors (Lipinski definition) is 2. The van der Waals surface area contributed by atoms with E-state index < -0.39 is 0 Å². The summed E-state index contributed by atoms with van der Waals surface area (Å²) in [7, 11) is 0. The third kappa shape index (κ3) is 5.25. The lowest BCUT2D eigenvalue weighted by Gasteiger charge is -2.32. The van der Waals surface area contributed by atoms with Crippen LogP contribution in [0.2, 0.25) is 0 Å². The number of nitrogens with zero attached hydrogens (tertiary/aromatic N) is 1. The Labute approximate surface area is 361 Å². The largest absolute Gasteiger partial charge is 0.310 e. The Morgan fingerprint density at radius 1 is 0.361 bits per heavy atom. The molecule has 290 valence electrons. The summed E-state index contributed by atoms with van der Waals surface area (Å²) in [6.45, 7) is 7.17. The van der Waals surface area contributed by atoms with Gasteiger partial charge in [-0.3, -0.25) is 0 Å². The maximum Gasteiger partial charge on any atom is 0.0540 e. The number of anilines is 3. The van der Waals surface area contributed by atoms with Gasteiger partial charge in [-0.25, -0.2) is 0 Å². The maximum atomic E-state index is 2.53. The van der Waals surface area contributed by atoms with Crippen LogP contribution in [0.4, 0.5) is 17.1 Å². The lowest BCUT2D eigenvalue weighted by Crippen LogP contribution is -2.23. The van der Waals surface area contributed by atoms with Crippen molar-refractivity contribution < 1.29 is 0 Å². The second kappa shape index (κ2) is 13.5. The number of rotatable bonds is 6. The fourth-order valence-corrected chi connectivity index (χ4v) is 11.9. The van der Waals surface area contributed by atoms with Gasteiger partial charge in [-0.15, -0.1) is 11.3 Å². The zero-order valence-corrected chi connectivity index (χ0v) is 35.3. The van der Waals surface area contributed by atoms with E-state index in [0.717, 1.165) is 17.1 Å². The van der Waals surface area contributed by atoms with Crippen molar-refractivity contribution >= 4 is 48.6 Å². The lowest BCUT2D eigenvalue weighted by molar-refractivity contribution is 0.660. The number of fused-ring (bicyclic) bond motifs is 9. The second-order valence-electron chi connectivity index (χ2n) is 17.3. The number of thiophene rings is 1. The van der Waals surface area contributed by atoms with E-state index in [4.69, 9.17) is 0 Å². The van der Waals surface area contributed by atoms with Crippen molar-refractivity contribution in [2.45, 2.75) is 31.6 Å². The molecule has 0 amide bonds. The molecule has 0 spiro atoms. The molecule has 1 atom stereocenters. The van der Waals surface area contributed by atoms with Crippen LogP contribution >= 0.6 is 11.3 Å². The van der Waals surface area contributed by atoms with Crippen LogP contribution < -0.4 is 4.90 Å². The highest BCUT2D eigenvalue weighted by Gasteiger charge is 2.41. The zero-order valence-electron chi connectivity index (χ0n) is 34.5. The van der Waals surface area contributed by atoms with Crippen LogP contribution in [0, 0.1) is 0 Å². The van der Waals surface area contributed by atoms with E-state index in [-0.39, 0.29) is 10.8 Å². The third-order valence-electron chi connectivity index (χ3n) is 13.8. The molecule has 2 aliphatic carbocycles. The van der Waals surface area contributed by atoms with Gasteiger partial charge in [0.25, 0.3) is 0 Å². The van der Waals surface area contributed by atoms with E-state index in [9.17, 15) is 0 Å². The summed E-state index contributed by atoms with van der Waals surface area (Å²) < 4.78 is 2.63. The predicted molar refractivity (Wildman–Crippen MR) is 260 cm³/mol. The van der Waals surface area contributed by atoms with Gasteiger partial charge in [-0.1, -0.05) is 178 Å². The highest BCUT2D eigenvalue weighted by Crippen LogP contribution is 2.56. The van der Waals surface area contributed by atoms with Gasteiger partial charge in [0, 0.05) is 47.9 Å². The lowest BCUT2D eigenvalue weighted by atomic mass is 9.74. The standard InChI is InChI=1S/C59H43NS/c1-58(2)50-27-13-9-22-43(50)45-34-32-39(36-52(45)58)60(40-33-35-46-44-23-10-14-28-51(44)59(3,53(46)37-40)38-18-5-4-6-19-38)54-29-15-11-24-47(54)41-20-7-8-21-42(41)48-26-17-31-56-57(48)49-25-12-16-30-55(49)61-56/h4-37H,1-3H3. The number of benzene rings is 9. The highest BCUT2D eigenvalue weighted by molar-refractivity contribution is 7.25. The van der Waals surface area contributed by atoms with E-state index in [2.05, 4.69) is 232 Å². The third-order valence-corrected chi connectivity index (χ3v) is 14.9. The van der Waals surface area contributed by atoms with Crippen molar-refractivity contribution in [3.05, 3.63) is 234 Å². The molecular weight excluding hydrogens is 755 g/mol. The first-order valence-electron chi connectivity index (χ1n) is 21.3. The van der Waals surface area contributed by atoms with Crippen LogP contribution in [0.3, 0.4) is 0 Å². The van der Waals surface area contributed by atoms with Crippen LogP contribution in [0.1, 0.15) is 48.6 Å². The quantitative estimate of drug-likeness (QED) is 0.162. The van der Waals surface area contributed by atoms with Crippen molar-refractivity contribution in [3.8, 4) is 44.5 Å². The fraction of sp³-hybridized carbons (Fsp3) is 0.0847. The van der Waals surface area contributed by atoms with Crippen LogP contribution in [0.15, 0.2) is 206 Å². The Kier molecular flexibility index (Phi) is 7.95. The van der Waals surface area contributed by atoms with E-state index in [1.807, 2.05) is 11.3 Å². The normalized spacial score (nSPS) is 15.7. The zero-order chi connectivity index (χ0) is 40.9. The summed E-state index contributed by atoms with van der Waals surface area (Å²) in [6, 6.07) is 77.0. The molecule has 12 rings (SSSR count). The van der Waals surface area contributed by atoms with Crippen molar-refractivity contribution in [1.29, 1.82) is 0 Å². The average Bonchev–Trinajstić information content (AvgIpc) is 3.90. The Balaban J connectivity index is 1.11. The summed E-state index contributed by atoms with van der Waals surface area (Å²) in [5.41, 5.74) is 19.8. The molecule has 10 aromatic rings. The number of para-hydroxylation sites is 1. The molecule has 1 aromatic heterocycles. The summed E-state index contributed by atoms with van der Waals surface area (Å²) in [5, 5.41) is 2.63. The summed E-state index contributed by atoms with van der Waals surface area (Å²) in [5.74, 6) is 0. The van der Waals surface area contributed by atoms with Crippen LogP contribution in [-0.4, -0.2) is 0 Å². The van der Waals surface area contributed by atoms with Gasteiger partial charge in [0.05, 0.1) is 5.69 Å². The van der Waals surface area contributed by atoms with Crippen LogP contribution in [-0.2, 0) is 10.8 Å². The summed E-state index contributed by atoms with van der Waals surface area (Å²) >= 11 is 1.87. The molecule has 1 unspecified atom stereocenters. The Morgan fingerprint density at radius 3 is 1.62 bits per heavy atom. The van der Waals surface area contributed by atoms with Gasteiger partial charge in [0.15, 0.2) is 0 Å². The first-order valence-corrected chi connectivity index (χ1v) is 22.2.